The van der Waals surface area contributed by atoms with Crippen molar-refractivity contribution >= 4 is 31.9 Å². The van der Waals surface area contributed by atoms with Crippen molar-refractivity contribution in [3.63, 3.8) is 0 Å². The van der Waals surface area contributed by atoms with Gasteiger partial charge in [-0.25, -0.2) is 21.9 Å². The van der Waals surface area contributed by atoms with Crippen LogP contribution in [0.4, 0.5) is 8.78 Å². The normalized spacial score (nSPS) is 11.4. The summed E-state index contributed by atoms with van der Waals surface area (Å²) in [5.74, 6) is -2.61. The first-order valence-corrected chi connectivity index (χ1v) is 7.84. The standard InChI is InChI=1S/C11H13BrF2N2O3S/c1-3-16(2)10(17)6-15-20(18,19)11-8(12)4-7(13)5-9(11)14/h4-5,15H,3,6H2,1-2H3. The molecule has 5 nitrogen and oxygen atoms in total. The Balaban J connectivity index is 2.99. The van der Waals surface area contributed by atoms with Gasteiger partial charge in [0.15, 0.2) is 0 Å². The van der Waals surface area contributed by atoms with E-state index >= 15 is 0 Å². The van der Waals surface area contributed by atoms with E-state index in [1.807, 2.05) is 4.72 Å². The minimum atomic E-state index is -4.26. The molecule has 20 heavy (non-hydrogen) atoms. The summed E-state index contributed by atoms with van der Waals surface area (Å²) in [6.07, 6.45) is 0. The van der Waals surface area contributed by atoms with Gasteiger partial charge in [-0.15, -0.1) is 0 Å². The smallest absolute Gasteiger partial charge is 0.245 e. The van der Waals surface area contributed by atoms with Crippen molar-refractivity contribution in [3.05, 3.63) is 28.2 Å². The number of likely N-dealkylation sites (N-methyl/N-ethyl adjacent to an activating group) is 1. The van der Waals surface area contributed by atoms with Gasteiger partial charge >= 0.3 is 0 Å². The molecule has 1 aromatic rings. The van der Waals surface area contributed by atoms with E-state index in [1.165, 1.54) is 11.9 Å². The maximum Gasteiger partial charge on any atom is 0.245 e. The van der Waals surface area contributed by atoms with Crippen LogP contribution >= 0.6 is 15.9 Å². The zero-order valence-corrected chi connectivity index (χ0v) is 13.2. The third kappa shape index (κ3) is 3.97. The van der Waals surface area contributed by atoms with Crippen molar-refractivity contribution in [3.8, 4) is 0 Å². The summed E-state index contributed by atoms with van der Waals surface area (Å²) in [5.41, 5.74) is 0. The average molecular weight is 371 g/mol. The number of hydrogen-bond acceptors (Lipinski definition) is 3. The second-order valence-electron chi connectivity index (χ2n) is 3.93. The molecule has 1 amide bonds. The summed E-state index contributed by atoms with van der Waals surface area (Å²) in [6.45, 7) is 1.63. The van der Waals surface area contributed by atoms with Gasteiger partial charge in [0.05, 0.1) is 6.54 Å². The molecule has 0 heterocycles. The molecule has 0 saturated carbocycles. The zero-order chi connectivity index (χ0) is 15.5. The van der Waals surface area contributed by atoms with Crippen molar-refractivity contribution in [1.29, 1.82) is 0 Å². The molecule has 0 aliphatic heterocycles. The number of carbonyl (C=O) groups is 1. The molecule has 9 heteroatoms. The van der Waals surface area contributed by atoms with Crippen LogP contribution in [0.25, 0.3) is 0 Å². The fourth-order valence-corrected chi connectivity index (χ4v) is 3.46. The monoisotopic (exact) mass is 370 g/mol. The van der Waals surface area contributed by atoms with Gasteiger partial charge in [-0.05, 0) is 28.9 Å². The van der Waals surface area contributed by atoms with Crippen molar-refractivity contribution in [2.45, 2.75) is 11.8 Å². The predicted molar refractivity (Wildman–Crippen MR) is 72.6 cm³/mol. The summed E-state index contributed by atoms with van der Waals surface area (Å²) < 4.78 is 52.1. The van der Waals surface area contributed by atoms with Crippen LogP contribution in [0.1, 0.15) is 6.92 Å². The SMILES string of the molecule is CCN(C)C(=O)CNS(=O)(=O)c1c(F)cc(F)cc1Br. The lowest BCUT2D eigenvalue weighted by molar-refractivity contribution is -0.128. The topological polar surface area (TPSA) is 66.5 Å². The van der Waals surface area contributed by atoms with Crippen molar-refractivity contribution < 1.29 is 22.0 Å². The minimum absolute atomic E-state index is 0.251. The summed E-state index contributed by atoms with van der Waals surface area (Å²) in [7, 11) is -2.76. The first kappa shape index (κ1) is 17.0. The van der Waals surface area contributed by atoms with E-state index in [0.29, 0.717) is 12.6 Å². The summed E-state index contributed by atoms with van der Waals surface area (Å²) in [4.78, 5) is 12.1. The number of benzene rings is 1. The number of halogens is 3. The molecular formula is C11H13BrF2N2O3S. The van der Waals surface area contributed by atoms with Gasteiger partial charge in [-0.2, -0.15) is 0 Å². The lowest BCUT2D eigenvalue weighted by atomic mass is 10.3. The van der Waals surface area contributed by atoms with Gasteiger partial charge in [-0.1, -0.05) is 0 Å². The highest BCUT2D eigenvalue weighted by Crippen LogP contribution is 2.25. The maximum atomic E-state index is 13.6. The number of nitrogens with zero attached hydrogens (tertiary/aromatic N) is 1. The second-order valence-corrected chi connectivity index (χ2v) is 6.49. The molecule has 1 N–H and O–H groups in total. The third-order valence-electron chi connectivity index (χ3n) is 2.55. The molecule has 0 aromatic heterocycles. The van der Waals surface area contributed by atoms with Crippen LogP contribution < -0.4 is 4.72 Å². The van der Waals surface area contributed by atoms with Gasteiger partial charge in [0, 0.05) is 24.1 Å². The molecule has 1 rings (SSSR count). The van der Waals surface area contributed by atoms with E-state index in [4.69, 9.17) is 0 Å². The molecular weight excluding hydrogens is 358 g/mol. The molecule has 0 unspecified atom stereocenters. The van der Waals surface area contributed by atoms with Crippen molar-refractivity contribution in [1.82, 2.24) is 9.62 Å². The maximum absolute atomic E-state index is 13.6. The lowest BCUT2D eigenvalue weighted by Gasteiger charge is -2.15. The number of hydrogen-bond donors (Lipinski definition) is 1. The molecule has 0 saturated heterocycles. The average Bonchev–Trinajstić information content (AvgIpc) is 2.33. The Hall–Kier alpha value is -1.06. The fraction of sp³-hybridized carbons (Fsp3) is 0.364. The Labute approximate surface area is 124 Å². The molecule has 0 atom stereocenters. The summed E-state index contributed by atoms with van der Waals surface area (Å²) in [5, 5.41) is 0. The largest absolute Gasteiger partial charge is 0.345 e. The van der Waals surface area contributed by atoms with E-state index in [-0.39, 0.29) is 4.47 Å². The van der Waals surface area contributed by atoms with E-state index in [1.54, 1.807) is 6.92 Å². The first-order chi connectivity index (χ1) is 9.19. The number of rotatable bonds is 5. The third-order valence-corrected chi connectivity index (χ3v) is 4.91. The predicted octanol–water partition coefficient (Wildman–Crippen LogP) is 1.48. The molecule has 1 aromatic carbocycles. The van der Waals surface area contributed by atoms with E-state index in [2.05, 4.69) is 15.9 Å². The highest BCUT2D eigenvalue weighted by molar-refractivity contribution is 9.10. The van der Waals surface area contributed by atoms with E-state index in [9.17, 15) is 22.0 Å². The highest BCUT2D eigenvalue weighted by Gasteiger charge is 2.24. The van der Waals surface area contributed by atoms with Crippen LogP contribution in [0, 0.1) is 11.6 Å². The van der Waals surface area contributed by atoms with Crippen LogP contribution in [-0.4, -0.2) is 39.4 Å². The van der Waals surface area contributed by atoms with Gasteiger partial charge in [0.2, 0.25) is 15.9 Å². The van der Waals surface area contributed by atoms with E-state index in [0.717, 1.165) is 6.07 Å². The van der Waals surface area contributed by atoms with Gasteiger partial charge < -0.3 is 4.90 Å². The first-order valence-electron chi connectivity index (χ1n) is 5.57. The summed E-state index contributed by atoms with van der Waals surface area (Å²) in [6, 6.07) is 1.29. The number of sulfonamides is 1. The number of nitrogens with one attached hydrogen (secondary N) is 1. The van der Waals surface area contributed by atoms with Crippen LogP contribution in [0.5, 0.6) is 0 Å². The Morgan fingerprint density at radius 1 is 1.40 bits per heavy atom. The van der Waals surface area contributed by atoms with Crippen molar-refractivity contribution in [2.75, 3.05) is 20.1 Å². The summed E-state index contributed by atoms with van der Waals surface area (Å²) >= 11 is 2.79. The Morgan fingerprint density at radius 3 is 2.50 bits per heavy atom. The number of carbonyl (C=O) groups excluding carboxylic acids is 1. The van der Waals surface area contributed by atoms with Crippen LogP contribution in [0.3, 0.4) is 0 Å². The molecule has 0 aliphatic carbocycles. The van der Waals surface area contributed by atoms with Gasteiger partial charge in [0.1, 0.15) is 16.5 Å². The minimum Gasteiger partial charge on any atom is -0.345 e. The molecule has 0 fully saturated rings. The zero-order valence-electron chi connectivity index (χ0n) is 10.8. The Bertz CT molecular complexity index is 599. The fourth-order valence-electron chi connectivity index (χ4n) is 1.33. The Morgan fingerprint density at radius 2 is 2.00 bits per heavy atom. The highest BCUT2D eigenvalue weighted by atomic mass is 79.9. The number of amides is 1. The molecule has 112 valence electrons. The van der Waals surface area contributed by atoms with Crippen LogP contribution in [0.2, 0.25) is 0 Å². The van der Waals surface area contributed by atoms with Crippen LogP contribution in [-0.2, 0) is 14.8 Å². The lowest BCUT2D eigenvalue weighted by Crippen LogP contribution is -2.38. The molecule has 0 bridgehead atoms. The van der Waals surface area contributed by atoms with Gasteiger partial charge in [-0.3, -0.25) is 4.79 Å². The Kier molecular flexibility index (Phi) is 5.60. The van der Waals surface area contributed by atoms with Gasteiger partial charge in [0.25, 0.3) is 0 Å². The quantitative estimate of drug-likeness (QED) is 0.853. The van der Waals surface area contributed by atoms with Crippen molar-refractivity contribution in [2.24, 2.45) is 0 Å². The molecule has 0 radical (unpaired) electrons. The van der Waals surface area contributed by atoms with Crippen LogP contribution in [0.15, 0.2) is 21.5 Å². The second kappa shape index (κ2) is 6.59. The molecule has 0 aliphatic rings. The van der Waals surface area contributed by atoms with E-state index < -0.39 is 39.0 Å². The molecule has 0 spiro atoms.